The van der Waals surface area contributed by atoms with Gasteiger partial charge in [-0.15, -0.1) is 0 Å². The molecule has 11 heavy (non-hydrogen) atoms. The summed E-state index contributed by atoms with van der Waals surface area (Å²) in [5, 5.41) is 0. The zero-order valence-corrected chi connectivity index (χ0v) is 12.2. The molecule has 0 aromatic heterocycles. The molecule has 0 saturated heterocycles. The summed E-state index contributed by atoms with van der Waals surface area (Å²) >= 11 is 0. The van der Waals surface area contributed by atoms with Crippen LogP contribution in [0.15, 0.2) is 3.70 Å². The summed E-state index contributed by atoms with van der Waals surface area (Å²) in [6.07, 6.45) is 2.21. The topological polar surface area (TPSA) is 12.4 Å². The van der Waals surface area contributed by atoms with Crippen molar-refractivity contribution < 1.29 is 0 Å². The van der Waals surface area contributed by atoms with E-state index in [4.69, 9.17) is 30.0 Å². The van der Waals surface area contributed by atoms with Gasteiger partial charge in [0.15, 0.2) is 0 Å². The van der Waals surface area contributed by atoms with Crippen LogP contribution in [0.2, 0.25) is 0 Å². The Morgan fingerprint density at radius 2 is 1.73 bits per heavy atom. The first-order chi connectivity index (χ1) is 4.77. The second-order valence-electron chi connectivity index (χ2n) is 2.91. The molecular formula is C5H13Cl3GeNP. The number of hydrogen-bond acceptors (Lipinski definition) is 1. The molecule has 0 aromatic rings. The Hall–Kier alpha value is 1.64. The molecule has 0 aromatic carbocycles. The van der Waals surface area contributed by atoms with Gasteiger partial charge in [0.1, 0.15) is 0 Å². The van der Waals surface area contributed by atoms with Crippen LogP contribution in [0.5, 0.6) is 0 Å². The van der Waals surface area contributed by atoms with Gasteiger partial charge in [0.25, 0.3) is 0 Å². The van der Waals surface area contributed by atoms with Crippen molar-refractivity contribution >= 4 is 47.8 Å². The van der Waals surface area contributed by atoms with Gasteiger partial charge in [-0.3, -0.25) is 0 Å². The molecule has 1 nitrogen and oxygen atoms in total. The molecule has 0 heterocycles. The molecule has 68 valence electrons. The van der Waals surface area contributed by atoms with Crippen molar-refractivity contribution in [1.82, 2.24) is 0 Å². The van der Waals surface area contributed by atoms with Gasteiger partial charge < -0.3 is 0 Å². The average Bonchev–Trinajstić information content (AvgIpc) is 1.55. The van der Waals surface area contributed by atoms with Gasteiger partial charge in [0.2, 0.25) is 0 Å². The predicted molar refractivity (Wildman–Crippen MR) is 59.7 cm³/mol. The molecule has 0 amide bonds. The average molecular weight is 297 g/mol. The summed E-state index contributed by atoms with van der Waals surface area (Å²) in [5.74, 6) is 0. The van der Waals surface area contributed by atoms with Crippen LogP contribution in [0.1, 0.15) is 13.3 Å². The fraction of sp³-hybridized carbons (Fsp3) is 1.00. The van der Waals surface area contributed by atoms with E-state index in [1.165, 1.54) is 0 Å². The van der Waals surface area contributed by atoms with Gasteiger partial charge >= 0.3 is 84.3 Å². The van der Waals surface area contributed by atoms with Crippen LogP contribution in [-0.2, 0) is 0 Å². The Bertz CT molecular complexity index is 171. The molecular weight excluding hydrogens is 284 g/mol. The van der Waals surface area contributed by atoms with Crippen molar-refractivity contribution in [1.29, 1.82) is 0 Å². The normalized spacial score (nSPS) is 13.3. The SMILES string of the molecule is CCCP(C)(C)=[N][Ge]([Cl])([Cl])[Cl]. The Labute approximate surface area is 84.0 Å². The van der Waals surface area contributed by atoms with E-state index in [0.29, 0.717) is 0 Å². The van der Waals surface area contributed by atoms with E-state index >= 15 is 0 Å². The summed E-state index contributed by atoms with van der Waals surface area (Å²) in [5.41, 5.74) is 0. The van der Waals surface area contributed by atoms with E-state index in [2.05, 4.69) is 24.0 Å². The van der Waals surface area contributed by atoms with E-state index in [1.54, 1.807) is 0 Å². The van der Waals surface area contributed by atoms with Crippen molar-refractivity contribution in [3.8, 4) is 0 Å². The van der Waals surface area contributed by atoms with Crippen LogP contribution in [-0.4, -0.2) is 30.2 Å². The maximum atomic E-state index is 5.73. The van der Waals surface area contributed by atoms with Gasteiger partial charge in [0, 0.05) is 0 Å². The Morgan fingerprint density at radius 3 is 2.00 bits per heavy atom. The first-order valence-electron chi connectivity index (χ1n) is 3.41. The standard InChI is InChI=1S/C5H13Cl3GeNP/c1-4-5-11(2,3)10-9(6,7)8/h4-5H2,1-3H3. The number of rotatable bonds is 3. The van der Waals surface area contributed by atoms with Gasteiger partial charge in [-0.05, 0) is 0 Å². The summed E-state index contributed by atoms with van der Waals surface area (Å²) in [6.45, 7) is 6.36. The van der Waals surface area contributed by atoms with Gasteiger partial charge in [-0.25, -0.2) is 0 Å². The third-order valence-corrected chi connectivity index (χ3v) is 11.8. The van der Waals surface area contributed by atoms with Crippen LogP contribution in [0.4, 0.5) is 0 Å². The van der Waals surface area contributed by atoms with E-state index in [0.717, 1.165) is 12.6 Å². The second-order valence-corrected chi connectivity index (χ2v) is 21.6. The number of hydrogen-bond donors (Lipinski definition) is 0. The van der Waals surface area contributed by atoms with Gasteiger partial charge in [-0.2, -0.15) is 0 Å². The number of nitrogens with zero attached hydrogens (tertiary/aromatic N) is 1. The minimum absolute atomic E-state index is 1.09. The summed E-state index contributed by atoms with van der Waals surface area (Å²) in [6, 6.07) is 0. The van der Waals surface area contributed by atoms with Crippen molar-refractivity contribution in [3.63, 3.8) is 0 Å². The van der Waals surface area contributed by atoms with Crippen LogP contribution >= 0.6 is 37.1 Å². The molecule has 6 heteroatoms. The van der Waals surface area contributed by atoms with Crippen LogP contribution in [0, 0.1) is 0 Å². The molecule has 0 aliphatic rings. The zero-order chi connectivity index (χ0) is 9.12. The predicted octanol–water partition coefficient (Wildman–Crippen LogP) is 4.01. The van der Waals surface area contributed by atoms with E-state index in [9.17, 15) is 0 Å². The van der Waals surface area contributed by atoms with E-state index < -0.39 is 17.8 Å². The molecule has 0 aliphatic heterocycles. The van der Waals surface area contributed by atoms with E-state index in [-0.39, 0.29) is 0 Å². The molecule has 0 bridgehead atoms. The minimum atomic E-state index is -3.20. The van der Waals surface area contributed by atoms with Crippen molar-refractivity contribution in [2.75, 3.05) is 19.5 Å². The maximum absolute atomic E-state index is 5.73. The molecule has 0 atom stereocenters. The molecule has 0 unspecified atom stereocenters. The summed E-state index contributed by atoms with van der Waals surface area (Å²) < 4.78 is 4.33. The third kappa shape index (κ3) is 7.99. The molecule has 0 radical (unpaired) electrons. The quantitative estimate of drug-likeness (QED) is 0.551. The van der Waals surface area contributed by atoms with Gasteiger partial charge in [0.05, 0.1) is 0 Å². The molecule has 0 fully saturated rings. The molecule has 0 saturated carbocycles. The van der Waals surface area contributed by atoms with E-state index in [1.807, 2.05) is 0 Å². The fourth-order valence-electron chi connectivity index (χ4n) is 0.904. The molecule has 0 spiro atoms. The Balaban J connectivity index is 4.39. The fourth-order valence-corrected chi connectivity index (χ4v) is 16.8. The van der Waals surface area contributed by atoms with Gasteiger partial charge in [-0.1, -0.05) is 0 Å². The molecule has 0 aliphatic carbocycles. The van der Waals surface area contributed by atoms with Crippen LogP contribution < -0.4 is 0 Å². The Morgan fingerprint density at radius 1 is 1.27 bits per heavy atom. The first kappa shape index (κ1) is 12.6. The second kappa shape index (κ2) is 4.76. The van der Waals surface area contributed by atoms with Crippen LogP contribution in [0.3, 0.4) is 0 Å². The monoisotopic (exact) mass is 297 g/mol. The van der Waals surface area contributed by atoms with Crippen molar-refractivity contribution in [3.05, 3.63) is 0 Å². The van der Waals surface area contributed by atoms with Crippen molar-refractivity contribution in [2.45, 2.75) is 13.3 Å². The number of halogens is 3. The van der Waals surface area contributed by atoms with Crippen LogP contribution in [0.25, 0.3) is 0 Å². The summed E-state index contributed by atoms with van der Waals surface area (Å²) in [4.78, 5) is 0. The third-order valence-electron chi connectivity index (χ3n) is 1.15. The first-order valence-corrected chi connectivity index (χ1v) is 15.4. The van der Waals surface area contributed by atoms with Crippen molar-refractivity contribution in [2.24, 2.45) is 3.70 Å². The zero-order valence-electron chi connectivity index (χ0n) is 6.94. The molecule has 0 N–H and O–H groups in total. The molecule has 0 rings (SSSR count). The Kier molecular flexibility index (Phi) is 5.47. The summed E-state index contributed by atoms with van der Waals surface area (Å²) in [7, 11) is 12.7.